The number of amides is 2. The predicted octanol–water partition coefficient (Wildman–Crippen LogP) is 3.26. The molecule has 4 heterocycles. The number of nitrogens with one attached hydrogen (secondary N) is 1. The van der Waals surface area contributed by atoms with E-state index in [9.17, 15) is 9.59 Å². The van der Waals surface area contributed by atoms with Crippen molar-refractivity contribution in [3.05, 3.63) is 17.7 Å². The lowest BCUT2D eigenvalue weighted by molar-refractivity contribution is -0.150. The van der Waals surface area contributed by atoms with Crippen molar-refractivity contribution in [3.8, 4) is 0 Å². The topological polar surface area (TPSA) is 70.5 Å². The lowest BCUT2D eigenvalue weighted by Crippen LogP contribution is -2.62. The van der Waals surface area contributed by atoms with Gasteiger partial charge in [0.15, 0.2) is 0 Å². The number of hydrogen-bond donors (Lipinski definition) is 1. The molecule has 0 radical (unpaired) electrons. The average Bonchev–Trinajstić information content (AvgIpc) is 3.21. The first-order valence-electron chi connectivity index (χ1n) is 13.7. The van der Waals surface area contributed by atoms with Gasteiger partial charge in [-0.2, -0.15) is 0 Å². The first kappa shape index (κ1) is 25.2. The van der Waals surface area contributed by atoms with E-state index in [4.69, 9.17) is 4.98 Å². The van der Waals surface area contributed by atoms with Crippen LogP contribution in [0.2, 0.25) is 0 Å². The molecular weight excluding hydrogens is 426 g/mol. The molecule has 1 N–H and O–H groups in total. The minimum absolute atomic E-state index is 0.109. The van der Waals surface area contributed by atoms with Crippen molar-refractivity contribution >= 4 is 11.8 Å². The van der Waals surface area contributed by atoms with Gasteiger partial charge in [-0.1, -0.05) is 27.7 Å². The third-order valence-electron chi connectivity index (χ3n) is 7.87. The van der Waals surface area contributed by atoms with Crippen LogP contribution in [0.25, 0.3) is 0 Å². The number of likely N-dealkylation sites (tertiary alicyclic amines) is 1. The molecule has 0 spiro atoms. The Balaban J connectivity index is 1.37. The van der Waals surface area contributed by atoms with Crippen molar-refractivity contribution in [2.75, 3.05) is 26.2 Å². The van der Waals surface area contributed by atoms with Crippen LogP contribution in [0.4, 0.5) is 0 Å². The predicted molar refractivity (Wildman–Crippen MR) is 134 cm³/mol. The molecule has 1 aromatic heterocycles. The molecule has 0 unspecified atom stereocenters. The number of aryl methyl sites for hydroxylation is 1. The highest BCUT2D eigenvalue weighted by Crippen LogP contribution is 2.26. The zero-order valence-corrected chi connectivity index (χ0v) is 21.8. The van der Waals surface area contributed by atoms with Crippen LogP contribution < -0.4 is 5.32 Å². The lowest BCUT2D eigenvalue weighted by atomic mass is 9.91. The summed E-state index contributed by atoms with van der Waals surface area (Å²) in [6, 6.07) is -0.498. The molecule has 2 fully saturated rings. The van der Waals surface area contributed by atoms with Crippen molar-refractivity contribution in [1.29, 1.82) is 0 Å². The van der Waals surface area contributed by atoms with Gasteiger partial charge in [-0.05, 0) is 62.7 Å². The summed E-state index contributed by atoms with van der Waals surface area (Å²) < 4.78 is 2.43. The molecule has 3 aliphatic heterocycles. The van der Waals surface area contributed by atoms with E-state index in [2.05, 4.69) is 43.8 Å². The molecule has 0 bridgehead atoms. The van der Waals surface area contributed by atoms with Crippen LogP contribution in [-0.2, 0) is 29.0 Å². The van der Waals surface area contributed by atoms with Crippen LogP contribution in [0.15, 0.2) is 6.20 Å². The van der Waals surface area contributed by atoms with E-state index in [1.807, 2.05) is 9.80 Å². The van der Waals surface area contributed by atoms with Crippen LogP contribution in [0.1, 0.15) is 77.7 Å². The summed E-state index contributed by atoms with van der Waals surface area (Å²) in [5.41, 5.74) is 1.39. The molecule has 7 nitrogen and oxygen atoms in total. The summed E-state index contributed by atoms with van der Waals surface area (Å²) in [6.45, 7) is 12.7. The number of nitrogens with zero attached hydrogens (tertiary/aromatic N) is 4. The number of rotatable bonds is 8. The summed E-state index contributed by atoms with van der Waals surface area (Å²) in [4.78, 5) is 35.7. The van der Waals surface area contributed by atoms with E-state index in [1.54, 1.807) is 0 Å². The number of imidazole rings is 1. The fourth-order valence-corrected chi connectivity index (χ4v) is 6.02. The lowest BCUT2D eigenvalue weighted by Gasteiger charge is -2.42. The highest BCUT2D eigenvalue weighted by molar-refractivity contribution is 5.90. The van der Waals surface area contributed by atoms with Gasteiger partial charge >= 0.3 is 0 Å². The van der Waals surface area contributed by atoms with Gasteiger partial charge in [0.1, 0.15) is 11.9 Å². The molecule has 0 saturated carbocycles. The van der Waals surface area contributed by atoms with Gasteiger partial charge in [-0.15, -0.1) is 0 Å². The zero-order chi connectivity index (χ0) is 24.2. The molecule has 4 rings (SSSR count). The third-order valence-corrected chi connectivity index (χ3v) is 7.87. The van der Waals surface area contributed by atoms with Gasteiger partial charge in [0.05, 0.1) is 6.04 Å². The first-order chi connectivity index (χ1) is 16.3. The Morgan fingerprint density at radius 1 is 1.09 bits per heavy atom. The van der Waals surface area contributed by atoms with Crippen LogP contribution in [0.3, 0.4) is 0 Å². The Morgan fingerprint density at radius 3 is 2.56 bits per heavy atom. The number of fused-ring (bicyclic) bond motifs is 1. The Kier molecular flexibility index (Phi) is 8.33. The van der Waals surface area contributed by atoms with Crippen molar-refractivity contribution < 1.29 is 9.59 Å². The smallest absolute Gasteiger partial charge is 0.245 e. The molecule has 0 aliphatic carbocycles. The summed E-state index contributed by atoms with van der Waals surface area (Å²) in [5, 5.41) is 3.38. The Labute approximate surface area is 205 Å². The Morgan fingerprint density at radius 2 is 1.85 bits per heavy atom. The monoisotopic (exact) mass is 471 g/mol. The second-order valence-corrected chi connectivity index (χ2v) is 11.6. The van der Waals surface area contributed by atoms with E-state index < -0.39 is 0 Å². The van der Waals surface area contributed by atoms with Crippen LogP contribution in [-0.4, -0.2) is 69.4 Å². The zero-order valence-electron chi connectivity index (χ0n) is 21.8. The summed E-state index contributed by atoms with van der Waals surface area (Å²) in [5.74, 6) is 2.89. The number of piperazine rings is 1. The molecule has 1 aromatic rings. The molecule has 3 aliphatic rings. The normalized spacial score (nSPS) is 23.0. The summed E-state index contributed by atoms with van der Waals surface area (Å²) in [7, 11) is 0. The standard InChI is InChI=1S/C27H45N5O2/c1-19(2)15-23-26(33)32(14-10-28-23)24(16-20(3)4)27(34)30-12-8-21(9-13-30)17-25-29-18-22-7-5-6-11-31(22)25/h18-21,23-24,28H,5-17H2,1-4H3/t23-,24-/m0/s1. The van der Waals surface area contributed by atoms with Gasteiger partial charge in [-0.3, -0.25) is 9.59 Å². The largest absolute Gasteiger partial charge is 0.341 e. The number of hydrogen-bond acceptors (Lipinski definition) is 4. The van der Waals surface area contributed by atoms with Gasteiger partial charge in [0.2, 0.25) is 11.8 Å². The number of carbonyl (C=O) groups is 2. The van der Waals surface area contributed by atoms with Crippen molar-refractivity contribution in [3.63, 3.8) is 0 Å². The fraction of sp³-hybridized carbons (Fsp3) is 0.815. The van der Waals surface area contributed by atoms with Gasteiger partial charge in [0, 0.05) is 51.0 Å². The molecule has 34 heavy (non-hydrogen) atoms. The molecule has 0 aromatic carbocycles. The Bertz CT molecular complexity index is 840. The van der Waals surface area contributed by atoms with Crippen LogP contribution in [0, 0.1) is 17.8 Å². The maximum atomic E-state index is 13.7. The van der Waals surface area contributed by atoms with Gasteiger partial charge < -0.3 is 19.7 Å². The van der Waals surface area contributed by atoms with Gasteiger partial charge in [0.25, 0.3) is 0 Å². The molecule has 2 amide bonds. The van der Waals surface area contributed by atoms with Gasteiger partial charge in [-0.25, -0.2) is 4.98 Å². The van der Waals surface area contributed by atoms with E-state index in [0.717, 1.165) is 64.7 Å². The SMILES string of the molecule is CC(C)C[C@@H]1NCCN([C@@H](CC(C)C)C(=O)N2CCC(Cc3ncc4n3CCCC4)CC2)C1=O. The quantitative estimate of drug-likeness (QED) is 0.632. The van der Waals surface area contributed by atoms with Crippen molar-refractivity contribution in [2.24, 2.45) is 17.8 Å². The number of piperidine rings is 1. The maximum Gasteiger partial charge on any atom is 0.245 e. The maximum absolute atomic E-state index is 13.7. The van der Waals surface area contributed by atoms with E-state index in [0.29, 0.717) is 24.3 Å². The average molecular weight is 472 g/mol. The molecule has 190 valence electrons. The summed E-state index contributed by atoms with van der Waals surface area (Å²) >= 11 is 0. The molecule has 2 saturated heterocycles. The molecule has 2 atom stereocenters. The van der Waals surface area contributed by atoms with E-state index in [-0.39, 0.29) is 23.9 Å². The fourth-order valence-electron chi connectivity index (χ4n) is 6.02. The second-order valence-electron chi connectivity index (χ2n) is 11.6. The second kappa shape index (κ2) is 11.2. The number of carbonyl (C=O) groups excluding carboxylic acids is 2. The minimum Gasteiger partial charge on any atom is -0.341 e. The Hall–Kier alpha value is -1.89. The van der Waals surface area contributed by atoms with Crippen molar-refractivity contribution in [2.45, 2.75) is 97.7 Å². The molecule has 7 heteroatoms. The first-order valence-corrected chi connectivity index (χ1v) is 13.7. The third kappa shape index (κ3) is 5.84. The molecular formula is C27H45N5O2. The van der Waals surface area contributed by atoms with E-state index >= 15 is 0 Å². The van der Waals surface area contributed by atoms with E-state index in [1.165, 1.54) is 24.4 Å². The highest BCUT2D eigenvalue weighted by Gasteiger charge is 2.39. The minimum atomic E-state index is -0.333. The number of aromatic nitrogens is 2. The van der Waals surface area contributed by atoms with Crippen molar-refractivity contribution in [1.82, 2.24) is 24.7 Å². The summed E-state index contributed by atoms with van der Waals surface area (Å²) in [6.07, 6.45) is 10.4. The van der Waals surface area contributed by atoms with Crippen LogP contribution in [0.5, 0.6) is 0 Å². The highest BCUT2D eigenvalue weighted by atomic mass is 16.2. The van der Waals surface area contributed by atoms with Crippen LogP contribution >= 0.6 is 0 Å².